The molecule has 1 amide bonds. The van der Waals surface area contributed by atoms with Crippen LogP contribution in [0.5, 0.6) is 0 Å². The maximum atomic E-state index is 12.5. The number of ether oxygens (including phenoxy) is 1. The Balaban J connectivity index is 1.37. The van der Waals surface area contributed by atoms with E-state index in [2.05, 4.69) is 50.7 Å². The second-order valence-corrected chi connectivity index (χ2v) is 8.00. The van der Waals surface area contributed by atoms with Crippen LogP contribution in [0.1, 0.15) is 54.6 Å². The predicted octanol–water partition coefficient (Wildman–Crippen LogP) is 3.38. The SMILES string of the molecule is O=C(NC1CCOCC1)c1ccc(N2CCCCC2CCc2ccccc2)nn1. The van der Waals surface area contributed by atoms with Gasteiger partial charge in [0.05, 0.1) is 0 Å². The van der Waals surface area contributed by atoms with Gasteiger partial charge in [-0.05, 0) is 62.6 Å². The van der Waals surface area contributed by atoms with E-state index >= 15 is 0 Å². The number of carbonyl (C=O) groups is 1. The lowest BCUT2D eigenvalue weighted by atomic mass is 9.96. The molecule has 2 aromatic rings. The fourth-order valence-electron chi connectivity index (χ4n) is 4.28. The third kappa shape index (κ3) is 5.32. The molecule has 4 rings (SSSR count). The Bertz CT molecular complexity index is 775. The molecule has 6 nitrogen and oxygen atoms in total. The second kappa shape index (κ2) is 9.83. The average molecular weight is 395 g/mol. The molecule has 0 bridgehead atoms. The molecule has 0 aliphatic carbocycles. The molecule has 3 heterocycles. The van der Waals surface area contributed by atoms with E-state index in [9.17, 15) is 4.79 Å². The van der Waals surface area contributed by atoms with E-state index in [0.29, 0.717) is 24.9 Å². The van der Waals surface area contributed by atoms with Gasteiger partial charge in [-0.3, -0.25) is 4.79 Å². The Labute approximate surface area is 172 Å². The Hall–Kier alpha value is -2.47. The van der Waals surface area contributed by atoms with E-state index in [-0.39, 0.29) is 11.9 Å². The normalized spacial score (nSPS) is 20.4. The third-order valence-corrected chi connectivity index (χ3v) is 5.97. The molecule has 1 aromatic carbocycles. The van der Waals surface area contributed by atoms with E-state index < -0.39 is 0 Å². The van der Waals surface area contributed by atoms with Crippen molar-refractivity contribution in [2.75, 3.05) is 24.7 Å². The van der Waals surface area contributed by atoms with Crippen molar-refractivity contribution in [3.8, 4) is 0 Å². The highest BCUT2D eigenvalue weighted by atomic mass is 16.5. The molecule has 2 fully saturated rings. The number of hydrogen-bond acceptors (Lipinski definition) is 5. The van der Waals surface area contributed by atoms with Crippen LogP contribution in [0.2, 0.25) is 0 Å². The zero-order chi connectivity index (χ0) is 19.9. The number of anilines is 1. The molecule has 2 aliphatic heterocycles. The molecule has 29 heavy (non-hydrogen) atoms. The Kier molecular flexibility index (Phi) is 6.72. The molecular formula is C23H30N4O2. The fourth-order valence-corrected chi connectivity index (χ4v) is 4.28. The molecule has 1 N–H and O–H groups in total. The van der Waals surface area contributed by atoms with E-state index in [1.165, 1.54) is 24.8 Å². The number of aryl methyl sites for hydroxylation is 1. The molecule has 6 heteroatoms. The fraction of sp³-hybridized carbons (Fsp3) is 0.522. The number of nitrogens with zero attached hydrogens (tertiary/aromatic N) is 3. The van der Waals surface area contributed by atoms with Gasteiger partial charge in [-0.25, -0.2) is 0 Å². The van der Waals surface area contributed by atoms with Crippen molar-refractivity contribution in [3.05, 3.63) is 53.7 Å². The van der Waals surface area contributed by atoms with Crippen molar-refractivity contribution >= 4 is 11.7 Å². The summed E-state index contributed by atoms with van der Waals surface area (Å²) in [6, 6.07) is 15.0. The van der Waals surface area contributed by atoms with Crippen LogP contribution in [0.15, 0.2) is 42.5 Å². The highest BCUT2D eigenvalue weighted by Gasteiger charge is 2.24. The summed E-state index contributed by atoms with van der Waals surface area (Å²) in [5.74, 6) is 0.737. The smallest absolute Gasteiger partial charge is 0.272 e. The van der Waals surface area contributed by atoms with Crippen LogP contribution in [0, 0.1) is 0 Å². The minimum Gasteiger partial charge on any atom is -0.381 e. The molecule has 0 saturated carbocycles. The standard InChI is InChI=1S/C23H30N4O2/c28-23(24-19-13-16-29-17-14-19)21-11-12-22(26-25-21)27-15-5-4-8-20(27)10-9-18-6-2-1-3-7-18/h1-3,6-7,11-12,19-20H,4-5,8-10,13-17H2,(H,24,28). The van der Waals surface area contributed by atoms with E-state index in [0.717, 1.165) is 38.0 Å². The van der Waals surface area contributed by atoms with Crippen molar-refractivity contribution in [2.24, 2.45) is 0 Å². The number of piperidine rings is 1. The lowest BCUT2D eigenvalue weighted by Crippen LogP contribution is -2.41. The lowest BCUT2D eigenvalue weighted by Gasteiger charge is -2.36. The van der Waals surface area contributed by atoms with Crippen LogP contribution in [0.25, 0.3) is 0 Å². The molecule has 1 unspecified atom stereocenters. The molecular weight excluding hydrogens is 364 g/mol. The van der Waals surface area contributed by atoms with Crippen LogP contribution in [-0.4, -0.2) is 47.9 Å². The Morgan fingerprint density at radius 3 is 2.62 bits per heavy atom. The quantitative estimate of drug-likeness (QED) is 0.814. The Morgan fingerprint density at radius 1 is 1.03 bits per heavy atom. The number of carbonyl (C=O) groups excluding carboxylic acids is 1. The van der Waals surface area contributed by atoms with Crippen molar-refractivity contribution in [2.45, 2.75) is 57.0 Å². The second-order valence-electron chi connectivity index (χ2n) is 8.00. The summed E-state index contributed by atoms with van der Waals surface area (Å²) in [7, 11) is 0. The largest absolute Gasteiger partial charge is 0.381 e. The van der Waals surface area contributed by atoms with Gasteiger partial charge in [-0.15, -0.1) is 10.2 Å². The summed E-state index contributed by atoms with van der Waals surface area (Å²) >= 11 is 0. The summed E-state index contributed by atoms with van der Waals surface area (Å²) in [5.41, 5.74) is 1.77. The zero-order valence-electron chi connectivity index (χ0n) is 16.9. The summed E-state index contributed by atoms with van der Waals surface area (Å²) < 4.78 is 5.34. The topological polar surface area (TPSA) is 67.3 Å². The van der Waals surface area contributed by atoms with Crippen LogP contribution in [0.4, 0.5) is 5.82 Å². The highest BCUT2D eigenvalue weighted by Crippen LogP contribution is 2.26. The minimum atomic E-state index is -0.143. The third-order valence-electron chi connectivity index (χ3n) is 5.97. The zero-order valence-corrected chi connectivity index (χ0v) is 16.9. The van der Waals surface area contributed by atoms with Gasteiger partial charge in [0, 0.05) is 31.8 Å². The molecule has 2 aliphatic rings. The maximum absolute atomic E-state index is 12.5. The van der Waals surface area contributed by atoms with Crippen molar-refractivity contribution < 1.29 is 9.53 Å². The van der Waals surface area contributed by atoms with Crippen molar-refractivity contribution in [3.63, 3.8) is 0 Å². The van der Waals surface area contributed by atoms with Crippen LogP contribution < -0.4 is 10.2 Å². The number of hydrogen-bond donors (Lipinski definition) is 1. The summed E-state index contributed by atoms with van der Waals surface area (Å²) in [4.78, 5) is 14.8. The van der Waals surface area contributed by atoms with Crippen LogP contribution in [-0.2, 0) is 11.2 Å². The van der Waals surface area contributed by atoms with Crippen LogP contribution >= 0.6 is 0 Å². The van der Waals surface area contributed by atoms with Gasteiger partial charge in [-0.2, -0.15) is 0 Å². The Morgan fingerprint density at radius 2 is 1.86 bits per heavy atom. The van der Waals surface area contributed by atoms with Gasteiger partial charge in [0.1, 0.15) is 0 Å². The maximum Gasteiger partial charge on any atom is 0.272 e. The molecule has 1 atom stereocenters. The first-order valence-electron chi connectivity index (χ1n) is 10.8. The number of amides is 1. The van der Waals surface area contributed by atoms with Gasteiger partial charge < -0.3 is 15.0 Å². The van der Waals surface area contributed by atoms with E-state index in [1.54, 1.807) is 6.07 Å². The number of aromatic nitrogens is 2. The molecule has 2 saturated heterocycles. The monoisotopic (exact) mass is 394 g/mol. The molecule has 0 spiro atoms. The van der Waals surface area contributed by atoms with Crippen LogP contribution in [0.3, 0.4) is 0 Å². The first-order chi connectivity index (χ1) is 14.3. The van der Waals surface area contributed by atoms with Gasteiger partial charge in [0.25, 0.3) is 5.91 Å². The summed E-state index contributed by atoms with van der Waals surface area (Å²) in [5, 5.41) is 11.7. The number of benzene rings is 1. The van der Waals surface area contributed by atoms with E-state index in [1.807, 2.05) is 6.07 Å². The molecule has 154 valence electrons. The summed E-state index contributed by atoms with van der Waals surface area (Å²) in [6.07, 6.45) is 7.51. The lowest BCUT2D eigenvalue weighted by molar-refractivity contribution is 0.0693. The highest BCUT2D eigenvalue weighted by molar-refractivity contribution is 5.92. The van der Waals surface area contributed by atoms with E-state index in [4.69, 9.17) is 4.74 Å². The van der Waals surface area contributed by atoms with Crippen molar-refractivity contribution in [1.82, 2.24) is 15.5 Å². The van der Waals surface area contributed by atoms with Gasteiger partial charge in [-0.1, -0.05) is 30.3 Å². The number of nitrogens with one attached hydrogen (secondary N) is 1. The summed E-state index contributed by atoms with van der Waals surface area (Å²) in [6.45, 7) is 2.41. The number of rotatable bonds is 6. The molecule has 1 aromatic heterocycles. The van der Waals surface area contributed by atoms with Gasteiger partial charge in [0.2, 0.25) is 0 Å². The molecule has 0 radical (unpaired) electrons. The first kappa shape index (κ1) is 19.8. The minimum absolute atomic E-state index is 0.143. The van der Waals surface area contributed by atoms with Gasteiger partial charge in [0.15, 0.2) is 11.5 Å². The average Bonchev–Trinajstić information content (AvgIpc) is 2.79. The first-order valence-corrected chi connectivity index (χ1v) is 10.8. The van der Waals surface area contributed by atoms with Crippen molar-refractivity contribution in [1.29, 1.82) is 0 Å². The predicted molar refractivity (Wildman–Crippen MR) is 113 cm³/mol. The van der Waals surface area contributed by atoms with Gasteiger partial charge >= 0.3 is 0 Å².